The molecule has 1 radical (unpaired) electrons. The van der Waals surface area contributed by atoms with Gasteiger partial charge in [0.25, 0.3) is 0 Å². The predicted octanol–water partition coefficient (Wildman–Crippen LogP) is 2.53. The summed E-state index contributed by atoms with van der Waals surface area (Å²) in [6.45, 7) is 10.5. The van der Waals surface area contributed by atoms with E-state index in [4.69, 9.17) is 3.07 Å². The minimum absolute atomic E-state index is 0. The van der Waals surface area contributed by atoms with E-state index in [2.05, 4.69) is 81.4 Å². The summed E-state index contributed by atoms with van der Waals surface area (Å²) in [5, 5.41) is 0. The summed E-state index contributed by atoms with van der Waals surface area (Å²) in [6, 6.07) is 31.3. The fourth-order valence-electron chi connectivity index (χ4n) is 2.82. The molecule has 3 aromatic carbocycles. The van der Waals surface area contributed by atoms with E-state index < -0.39 is 20.2 Å². The molecule has 0 unspecified atom stereocenters. The zero-order valence-corrected chi connectivity index (χ0v) is 20.9. The van der Waals surface area contributed by atoms with Gasteiger partial charge in [-0.05, 0) is 20.8 Å². The van der Waals surface area contributed by atoms with E-state index in [-0.39, 0.29) is 13.5 Å². The van der Waals surface area contributed by atoms with Gasteiger partial charge in [0.1, 0.15) is 0 Å². The molecule has 0 spiro atoms. The first-order valence-corrected chi connectivity index (χ1v) is 13.8. The summed E-state index contributed by atoms with van der Waals surface area (Å²) in [5.74, 6) is 0.967. The van der Waals surface area contributed by atoms with Crippen molar-refractivity contribution in [2.45, 2.75) is 20.8 Å². The molecule has 0 bridgehead atoms. The van der Waals surface area contributed by atoms with Crippen LogP contribution in [0, 0.1) is 0 Å². The molecule has 0 heterocycles. The van der Waals surface area contributed by atoms with Crippen LogP contribution in [0.1, 0.15) is 20.8 Å². The second-order valence-electron chi connectivity index (χ2n) is 6.29. The first-order chi connectivity index (χ1) is 13.3. The van der Waals surface area contributed by atoms with Crippen molar-refractivity contribution in [3.05, 3.63) is 91.0 Å². The quantitative estimate of drug-likeness (QED) is 0.304. The van der Waals surface area contributed by atoms with Gasteiger partial charge in [-0.15, -0.1) is 0 Å². The van der Waals surface area contributed by atoms with Crippen molar-refractivity contribution < 1.29 is 7.97 Å². The van der Waals surface area contributed by atoms with E-state index in [9.17, 15) is 0 Å². The third kappa shape index (κ3) is 8.29. The zero-order valence-electron chi connectivity index (χ0n) is 17.1. The van der Waals surface area contributed by atoms with Gasteiger partial charge in [0, 0.05) is 0 Å². The van der Waals surface area contributed by atoms with Crippen LogP contribution in [0.2, 0.25) is 0 Å². The number of hydrogen-bond acceptors (Lipinski definition) is 2. The minimum atomic E-state index is -2.34. The summed E-state index contributed by atoms with van der Waals surface area (Å²) in [4.78, 5) is 1.68. The fourth-order valence-corrected chi connectivity index (χ4v) is 8.33. The Morgan fingerprint density at radius 3 is 1.29 bits per heavy atom. The van der Waals surface area contributed by atoms with Crippen LogP contribution in [0.4, 0.5) is 0 Å². The first-order valence-electron chi connectivity index (χ1n) is 9.82. The van der Waals surface area contributed by atoms with Gasteiger partial charge in [-0.25, -0.2) is 0 Å². The second kappa shape index (κ2) is 14.6. The van der Waals surface area contributed by atoms with Crippen molar-refractivity contribution >= 4 is 40.8 Å². The molecule has 0 saturated carbocycles. The van der Waals surface area contributed by atoms with Gasteiger partial charge in [-0.2, -0.15) is 0 Å². The second-order valence-corrected chi connectivity index (χ2v) is 12.0. The van der Waals surface area contributed by atoms with Crippen LogP contribution in [0.25, 0.3) is 0 Å². The third-order valence-corrected chi connectivity index (χ3v) is 10.7. The molecule has 0 atom stereocenters. The Kier molecular flexibility index (Phi) is 12.8. The Morgan fingerprint density at radius 1 is 0.607 bits per heavy atom. The average Bonchev–Trinajstić information content (AvgIpc) is 2.76. The number of thiol groups is 1. The Morgan fingerprint density at radius 2 is 0.964 bits per heavy atom. The molecule has 3 rings (SSSR count). The maximum absolute atomic E-state index is 6.38. The fraction of sp³-hybridized carbons (Fsp3) is 0.250. The molecular formula is C24H32NOSSn. The van der Waals surface area contributed by atoms with Crippen molar-refractivity contribution in [2.24, 2.45) is 0 Å². The molecule has 0 aliphatic carbocycles. The van der Waals surface area contributed by atoms with Gasteiger partial charge in [0.05, 0.1) is 19.6 Å². The average molecular weight is 501 g/mol. The van der Waals surface area contributed by atoms with E-state index in [0.29, 0.717) is 0 Å². The number of nitrogens with one attached hydrogen (secondary N) is 1. The normalized spacial score (nSPS) is 10.0. The summed E-state index contributed by atoms with van der Waals surface area (Å²) in [6.07, 6.45) is 0. The van der Waals surface area contributed by atoms with Gasteiger partial charge in [0.15, 0.2) is 0 Å². The van der Waals surface area contributed by atoms with Gasteiger partial charge < -0.3 is 18.4 Å². The van der Waals surface area contributed by atoms with Gasteiger partial charge in [0.2, 0.25) is 0 Å². The molecule has 0 amide bonds. The zero-order chi connectivity index (χ0) is 19.3. The SMILES string of the molecule is CC[NH+](CC)CC.[SH-].c1ccc([O][Sn]([c]2ccccc2)[c]2ccccc2)cc1. The van der Waals surface area contributed by atoms with Crippen molar-refractivity contribution in [2.75, 3.05) is 19.6 Å². The van der Waals surface area contributed by atoms with Gasteiger partial charge >= 0.3 is 127 Å². The molecule has 0 saturated heterocycles. The van der Waals surface area contributed by atoms with E-state index in [0.717, 1.165) is 5.75 Å². The third-order valence-electron chi connectivity index (χ3n) is 4.54. The van der Waals surface area contributed by atoms with E-state index >= 15 is 0 Å². The van der Waals surface area contributed by atoms with Crippen molar-refractivity contribution in [1.29, 1.82) is 0 Å². The molecule has 149 valence electrons. The van der Waals surface area contributed by atoms with E-state index in [1.807, 2.05) is 30.3 Å². The van der Waals surface area contributed by atoms with Crippen LogP contribution >= 0.6 is 0 Å². The molecule has 0 aliphatic rings. The number of rotatable bonds is 7. The van der Waals surface area contributed by atoms with Gasteiger partial charge in [-0.3, -0.25) is 0 Å². The molecule has 4 heteroatoms. The van der Waals surface area contributed by atoms with E-state index in [1.165, 1.54) is 26.8 Å². The molecule has 2 nitrogen and oxygen atoms in total. The van der Waals surface area contributed by atoms with Crippen molar-refractivity contribution in [3.8, 4) is 5.75 Å². The molecule has 0 aromatic heterocycles. The Bertz CT molecular complexity index is 691. The van der Waals surface area contributed by atoms with Gasteiger partial charge in [-0.1, -0.05) is 0 Å². The molecule has 28 heavy (non-hydrogen) atoms. The topological polar surface area (TPSA) is 13.7 Å². The standard InChI is InChI=1S/C6H15N.C6H6O.2C6H5.H2S.Sn/c1-4-7(5-2)6-3;7-6-4-2-1-3-5-6;2*1-2-4-6-5-3-1;;/h4-6H2,1-3H3;1-5,7H;2*1-5H;1H2;/q;;;;;+1/p-1. The summed E-state index contributed by atoms with van der Waals surface area (Å²) in [7, 11) is 0. The first kappa shape index (κ1) is 24.6. The van der Waals surface area contributed by atoms with Crippen LogP contribution in [-0.2, 0) is 13.5 Å². The molecule has 3 aromatic rings. The number of hydrogen-bond donors (Lipinski definition) is 1. The summed E-state index contributed by atoms with van der Waals surface area (Å²) in [5.41, 5.74) is 0. The molecule has 1 N–H and O–H groups in total. The van der Waals surface area contributed by atoms with Crippen molar-refractivity contribution in [3.63, 3.8) is 0 Å². The molecular weight excluding hydrogens is 469 g/mol. The van der Waals surface area contributed by atoms with Crippen LogP contribution in [0.5, 0.6) is 5.75 Å². The van der Waals surface area contributed by atoms with Crippen LogP contribution < -0.4 is 15.1 Å². The number of benzene rings is 3. The molecule has 0 fully saturated rings. The number of para-hydroxylation sites is 1. The summed E-state index contributed by atoms with van der Waals surface area (Å²) >= 11 is -2.34. The molecule has 0 aliphatic heterocycles. The number of quaternary nitrogens is 1. The Balaban J connectivity index is 0.000000425. The monoisotopic (exact) mass is 502 g/mol. The van der Waals surface area contributed by atoms with E-state index in [1.54, 1.807) is 4.90 Å². The maximum atomic E-state index is 6.38. The summed E-state index contributed by atoms with van der Waals surface area (Å²) < 4.78 is 9.09. The Hall–Kier alpha value is -1.43. The predicted molar refractivity (Wildman–Crippen MR) is 126 cm³/mol. The van der Waals surface area contributed by atoms with Crippen LogP contribution in [0.3, 0.4) is 0 Å². The van der Waals surface area contributed by atoms with Crippen LogP contribution in [-0.4, -0.2) is 39.8 Å². The van der Waals surface area contributed by atoms with Crippen molar-refractivity contribution in [1.82, 2.24) is 0 Å². The van der Waals surface area contributed by atoms with Crippen LogP contribution in [0.15, 0.2) is 91.0 Å². The Labute approximate surface area is 185 Å².